The first-order valence-corrected chi connectivity index (χ1v) is 7.23. The van der Waals surface area contributed by atoms with Gasteiger partial charge in [-0.1, -0.05) is 30.3 Å². The molecule has 5 nitrogen and oxygen atoms in total. The molecular formula is C16H18N2O3. The minimum absolute atomic E-state index is 0.256. The molecular weight excluding hydrogens is 268 g/mol. The minimum Gasteiger partial charge on any atom is -0.358 e. The molecule has 110 valence electrons. The van der Waals surface area contributed by atoms with Gasteiger partial charge in [-0.2, -0.15) is 0 Å². The monoisotopic (exact) mass is 286 g/mol. The highest BCUT2D eigenvalue weighted by molar-refractivity contribution is 5.15. The molecule has 1 unspecified atom stereocenters. The van der Waals surface area contributed by atoms with Gasteiger partial charge < -0.3 is 4.74 Å². The average molecular weight is 286 g/mol. The summed E-state index contributed by atoms with van der Waals surface area (Å²) < 4.78 is 8.43. The van der Waals surface area contributed by atoms with Crippen LogP contribution in [0.3, 0.4) is 0 Å². The van der Waals surface area contributed by atoms with Crippen molar-refractivity contribution in [1.29, 1.82) is 0 Å². The van der Waals surface area contributed by atoms with Crippen molar-refractivity contribution >= 4 is 0 Å². The second-order valence-electron chi connectivity index (χ2n) is 5.24. The van der Waals surface area contributed by atoms with E-state index >= 15 is 0 Å². The molecule has 5 heteroatoms. The Hall–Kier alpha value is -2.14. The van der Waals surface area contributed by atoms with E-state index in [1.807, 2.05) is 30.3 Å². The van der Waals surface area contributed by atoms with Crippen LogP contribution in [0.4, 0.5) is 0 Å². The third-order valence-electron chi connectivity index (χ3n) is 3.74. The molecule has 0 spiro atoms. The fourth-order valence-electron chi connectivity index (χ4n) is 2.61. The predicted octanol–water partition coefficient (Wildman–Crippen LogP) is 1.76. The summed E-state index contributed by atoms with van der Waals surface area (Å²) in [7, 11) is 0. The van der Waals surface area contributed by atoms with Crippen molar-refractivity contribution < 1.29 is 4.74 Å². The lowest BCUT2D eigenvalue weighted by Gasteiger charge is -2.24. The van der Waals surface area contributed by atoms with Crippen LogP contribution >= 0.6 is 0 Å². The van der Waals surface area contributed by atoms with Gasteiger partial charge in [0.1, 0.15) is 6.23 Å². The molecule has 2 heterocycles. The smallest absolute Gasteiger partial charge is 0.333 e. The first-order valence-electron chi connectivity index (χ1n) is 7.23. The van der Waals surface area contributed by atoms with Gasteiger partial charge in [-0.25, -0.2) is 4.79 Å². The van der Waals surface area contributed by atoms with E-state index in [9.17, 15) is 9.59 Å². The summed E-state index contributed by atoms with van der Waals surface area (Å²) in [5.74, 6) is 0. The maximum Gasteiger partial charge on any atom is 0.333 e. The summed E-state index contributed by atoms with van der Waals surface area (Å²) in [5, 5.41) is 0. The van der Waals surface area contributed by atoms with Gasteiger partial charge >= 0.3 is 5.69 Å². The summed E-state index contributed by atoms with van der Waals surface area (Å²) in [6.07, 6.45) is 4.16. The van der Waals surface area contributed by atoms with Gasteiger partial charge in [-0.05, 0) is 24.8 Å². The lowest BCUT2D eigenvalue weighted by molar-refractivity contribution is -0.0356. The van der Waals surface area contributed by atoms with E-state index in [1.165, 1.54) is 15.2 Å². The molecule has 1 aliphatic rings. The molecule has 1 atom stereocenters. The predicted molar refractivity (Wildman–Crippen MR) is 79.3 cm³/mol. The van der Waals surface area contributed by atoms with E-state index in [2.05, 4.69) is 0 Å². The normalized spacial score (nSPS) is 18.6. The highest BCUT2D eigenvalue weighted by atomic mass is 16.5. The van der Waals surface area contributed by atoms with Crippen molar-refractivity contribution in [3.63, 3.8) is 0 Å². The maximum atomic E-state index is 12.5. The third kappa shape index (κ3) is 2.97. The van der Waals surface area contributed by atoms with E-state index in [4.69, 9.17) is 4.74 Å². The molecule has 1 saturated heterocycles. The molecule has 3 rings (SSSR count). The van der Waals surface area contributed by atoms with Gasteiger partial charge in [0.05, 0.1) is 6.54 Å². The number of aromatic nitrogens is 2. The number of hydrogen-bond donors (Lipinski definition) is 0. The van der Waals surface area contributed by atoms with E-state index in [-0.39, 0.29) is 24.0 Å². The fraction of sp³-hybridized carbons (Fsp3) is 0.375. The van der Waals surface area contributed by atoms with Crippen LogP contribution in [0.25, 0.3) is 0 Å². The lowest BCUT2D eigenvalue weighted by atomic mass is 10.2. The Morgan fingerprint density at radius 2 is 1.90 bits per heavy atom. The van der Waals surface area contributed by atoms with Crippen molar-refractivity contribution in [3.05, 3.63) is 69.0 Å². The first-order chi connectivity index (χ1) is 10.3. The van der Waals surface area contributed by atoms with Crippen LogP contribution in [0.2, 0.25) is 0 Å². The van der Waals surface area contributed by atoms with Gasteiger partial charge in [0, 0.05) is 18.9 Å². The molecule has 21 heavy (non-hydrogen) atoms. The average Bonchev–Trinajstić information content (AvgIpc) is 2.53. The van der Waals surface area contributed by atoms with Crippen molar-refractivity contribution in [1.82, 2.24) is 9.13 Å². The fourth-order valence-corrected chi connectivity index (χ4v) is 2.61. The van der Waals surface area contributed by atoms with Crippen LogP contribution in [0.5, 0.6) is 0 Å². The molecule has 0 N–H and O–H groups in total. The Morgan fingerprint density at radius 3 is 2.62 bits per heavy atom. The summed E-state index contributed by atoms with van der Waals surface area (Å²) in [6, 6.07) is 10.9. The highest BCUT2D eigenvalue weighted by Gasteiger charge is 2.18. The van der Waals surface area contributed by atoms with Crippen molar-refractivity contribution in [2.24, 2.45) is 0 Å². The van der Waals surface area contributed by atoms with Crippen LogP contribution in [0.1, 0.15) is 31.1 Å². The molecule has 1 aromatic heterocycles. The zero-order valence-electron chi connectivity index (χ0n) is 11.8. The molecule has 1 aromatic carbocycles. The van der Waals surface area contributed by atoms with Crippen LogP contribution < -0.4 is 11.2 Å². The molecule has 2 aromatic rings. The van der Waals surface area contributed by atoms with E-state index < -0.39 is 0 Å². The second kappa shape index (κ2) is 6.10. The molecule has 0 bridgehead atoms. The van der Waals surface area contributed by atoms with Crippen molar-refractivity contribution in [2.45, 2.75) is 32.0 Å². The SMILES string of the molecule is O=c1ccn(C2CCCCO2)c(=O)n1Cc1ccccc1. The molecule has 0 saturated carbocycles. The highest BCUT2D eigenvalue weighted by Crippen LogP contribution is 2.20. The third-order valence-corrected chi connectivity index (χ3v) is 3.74. The first kappa shape index (κ1) is 13.8. The Morgan fingerprint density at radius 1 is 1.10 bits per heavy atom. The largest absolute Gasteiger partial charge is 0.358 e. The zero-order chi connectivity index (χ0) is 14.7. The van der Waals surface area contributed by atoms with Crippen LogP contribution in [0, 0.1) is 0 Å². The van der Waals surface area contributed by atoms with Crippen LogP contribution in [-0.2, 0) is 11.3 Å². The summed E-state index contributed by atoms with van der Waals surface area (Å²) in [6.45, 7) is 0.945. The Kier molecular flexibility index (Phi) is 4.01. The number of benzene rings is 1. The van der Waals surface area contributed by atoms with Gasteiger partial charge in [-0.3, -0.25) is 13.9 Å². The van der Waals surface area contributed by atoms with Gasteiger partial charge in [0.2, 0.25) is 0 Å². The van der Waals surface area contributed by atoms with Gasteiger partial charge in [0.15, 0.2) is 0 Å². The number of ether oxygens (including phenoxy) is 1. The molecule has 0 radical (unpaired) electrons. The number of hydrogen-bond acceptors (Lipinski definition) is 3. The summed E-state index contributed by atoms with van der Waals surface area (Å²) in [5.41, 5.74) is 0.341. The maximum absolute atomic E-state index is 12.5. The Labute approximate surface area is 122 Å². The molecule has 0 aliphatic carbocycles. The van der Waals surface area contributed by atoms with E-state index in [0.717, 1.165) is 24.8 Å². The topological polar surface area (TPSA) is 53.2 Å². The quantitative estimate of drug-likeness (QED) is 0.864. The molecule has 0 amide bonds. The van der Waals surface area contributed by atoms with E-state index in [1.54, 1.807) is 6.20 Å². The van der Waals surface area contributed by atoms with Crippen molar-refractivity contribution in [3.8, 4) is 0 Å². The summed E-state index contributed by atoms with van der Waals surface area (Å²) in [4.78, 5) is 24.5. The standard InChI is InChI=1S/C16H18N2O3/c19-14-9-10-17(15-8-4-5-11-21-15)16(20)18(14)12-13-6-2-1-3-7-13/h1-3,6-7,9-10,15H,4-5,8,11-12H2. The zero-order valence-corrected chi connectivity index (χ0v) is 11.8. The molecule has 1 fully saturated rings. The molecule has 1 aliphatic heterocycles. The van der Waals surface area contributed by atoms with Crippen molar-refractivity contribution in [2.75, 3.05) is 6.61 Å². The number of rotatable bonds is 3. The lowest BCUT2D eigenvalue weighted by Crippen LogP contribution is -2.41. The number of nitrogens with zero attached hydrogens (tertiary/aromatic N) is 2. The second-order valence-corrected chi connectivity index (χ2v) is 5.24. The Bertz CT molecular complexity index is 712. The minimum atomic E-state index is -0.307. The summed E-state index contributed by atoms with van der Waals surface area (Å²) >= 11 is 0. The van der Waals surface area contributed by atoms with E-state index in [0.29, 0.717) is 6.61 Å². The van der Waals surface area contributed by atoms with Crippen LogP contribution in [-0.4, -0.2) is 15.7 Å². The Balaban J connectivity index is 1.96. The van der Waals surface area contributed by atoms with Gasteiger partial charge in [-0.15, -0.1) is 0 Å². The van der Waals surface area contributed by atoms with Crippen LogP contribution in [0.15, 0.2) is 52.2 Å². The van der Waals surface area contributed by atoms with Gasteiger partial charge in [0.25, 0.3) is 5.56 Å².